The van der Waals surface area contributed by atoms with Gasteiger partial charge in [0.1, 0.15) is 28.8 Å². The summed E-state index contributed by atoms with van der Waals surface area (Å²) in [6.07, 6.45) is -9.16. The Balaban J connectivity index is 0.000000521. The van der Waals surface area contributed by atoms with E-state index >= 15 is 0 Å². The van der Waals surface area contributed by atoms with Gasteiger partial charge in [-0.3, -0.25) is 4.79 Å². The van der Waals surface area contributed by atoms with Crippen molar-refractivity contribution in [3.05, 3.63) is 63.8 Å². The Morgan fingerprint density at radius 2 is 1.60 bits per heavy atom. The van der Waals surface area contributed by atoms with E-state index in [9.17, 15) is 39.6 Å². The maximum Gasteiger partial charge on any atom is 0.490 e. The predicted octanol–water partition coefficient (Wildman–Crippen LogP) is 5.27. The molecule has 1 aliphatic heterocycles. The molecule has 12 nitrogen and oxygen atoms in total. The first-order valence-corrected chi connectivity index (χ1v) is 16.3. The molecule has 0 aliphatic carbocycles. The van der Waals surface area contributed by atoms with Gasteiger partial charge in [0.15, 0.2) is 0 Å². The Hall–Kier alpha value is -3.91. The molecule has 1 fully saturated rings. The molecule has 4 rings (SSSR count). The van der Waals surface area contributed by atoms with Crippen LogP contribution in [-0.2, 0) is 31.0 Å². The highest BCUT2D eigenvalue weighted by Gasteiger charge is 2.42. The van der Waals surface area contributed by atoms with E-state index < -0.39 is 40.4 Å². The van der Waals surface area contributed by atoms with Gasteiger partial charge in [-0.2, -0.15) is 30.6 Å². The quantitative estimate of drug-likeness (QED) is 0.255. The molecule has 3 aromatic rings. The summed E-state index contributed by atoms with van der Waals surface area (Å²) in [7, 11) is -2.46. The number of nitrogens with zero attached hydrogens (tertiary/aromatic N) is 3. The Morgan fingerprint density at radius 3 is 2.14 bits per heavy atom. The summed E-state index contributed by atoms with van der Waals surface area (Å²) in [5, 5.41) is 15.4. The molecular weight excluding hydrogens is 749 g/mol. The molecule has 0 bridgehead atoms. The van der Waals surface area contributed by atoms with Gasteiger partial charge >= 0.3 is 24.3 Å². The number of pyridine rings is 1. The lowest BCUT2D eigenvalue weighted by atomic mass is 10.2. The van der Waals surface area contributed by atoms with Crippen molar-refractivity contribution in [1.82, 2.24) is 14.2 Å². The standard InChI is InChI=1S/C25H28Cl2N4O4S.2C2HF3O2/c1-16-8-9-17-5-3-7-21(24(17)29-16)35-15-18-19(26)10-11-22(23(18)27)36(33,34)31-13-4-6-20(31)25(32)30(2)14-12-28;2*3-2(4,5)1(6)7/h3,5,7-11,20H,4,6,12-15,28H2,1-2H3;2*(H,6,7)/t20-;;/m0../s1. The zero-order chi connectivity index (χ0) is 38.2. The van der Waals surface area contributed by atoms with Gasteiger partial charge in [0, 0.05) is 48.3 Å². The molecule has 0 spiro atoms. The number of sulfonamides is 1. The number of fused-ring (bicyclic) bond motifs is 1. The van der Waals surface area contributed by atoms with E-state index in [1.54, 1.807) is 13.1 Å². The molecular formula is C29H30Cl2F6N4O8S. The third-order valence-electron chi connectivity index (χ3n) is 6.75. The maximum absolute atomic E-state index is 13.7. The Bertz CT molecular complexity index is 1790. The van der Waals surface area contributed by atoms with E-state index in [0.717, 1.165) is 11.1 Å². The molecule has 0 unspecified atom stereocenters. The average Bonchev–Trinajstić information content (AvgIpc) is 3.51. The number of amides is 1. The number of carboxylic acid groups (broad SMARTS) is 2. The van der Waals surface area contributed by atoms with Crippen LogP contribution in [0.15, 0.2) is 47.4 Å². The number of ether oxygens (including phenoxy) is 1. The highest BCUT2D eigenvalue weighted by atomic mass is 35.5. The lowest BCUT2D eigenvalue weighted by Crippen LogP contribution is -2.47. The molecule has 1 saturated heterocycles. The van der Waals surface area contributed by atoms with Gasteiger partial charge < -0.3 is 25.6 Å². The number of carbonyl (C=O) groups excluding carboxylic acids is 1. The van der Waals surface area contributed by atoms with Gasteiger partial charge in [-0.25, -0.2) is 23.0 Å². The van der Waals surface area contributed by atoms with Gasteiger partial charge in [-0.15, -0.1) is 0 Å². The van der Waals surface area contributed by atoms with Crippen molar-refractivity contribution in [3.8, 4) is 5.75 Å². The minimum Gasteiger partial charge on any atom is -0.487 e. The predicted molar refractivity (Wildman–Crippen MR) is 168 cm³/mol. The number of alkyl halides is 6. The second kappa shape index (κ2) is 17.3. The molecule has 0 radical (unpaired) electrons. The van der Waals surface area contributed by atoms with Gasteiger partial charge in [-0.1, -0.05) is 41.4 Å². The molecule has 50 heavy (non-hydrogen) atoms. The first kappa shape index (κ1) is 42.3. The van der Waals surface area contributed by atoms with E-state index in [4.69, 9.17) is 53.5 Å². The molecule has 21 heteroatoms. The zero-order valence-corrected chi connectivity index (χ0v) is 28.4. The average molecular weight is 780 g/mol. The number of aryl methyl sites for hydroxylation is 1. The van der Waals surface area contributed by atoms with Gasteiger partial charge in [0.25, 0.3) is 0 Å². The minimum absolute atomic E-state index is 0.0275. The van der Waals surface area contributed by atoms with Crippen LogP contribution in [0.5, 0.6) is 5.75 Å². The number of halogens is 8. The van der Waals surface area contributed by atoms with E-state index in [0.29, 0.717) is 42.8 Å². The number of para-hydroxylation sites is 1. The van der Waals surface area contributed by atoms with E-state index in [1.807, 2.05) is 31.2 Å². The molecule has 2 heterocycles. The van der Waals surface area contributed by atoms with Crippen LogP contribution in [0.2, 0.25) is 10.0 Å². The van der Waals surface area contributed by atoms with Crippen molar-refractivity contribution >= 4 is 62.0 Å². The maximum atomic E-state index is 13.7. The zero-order valence-electron chi connectivity index (χ0n) is 26.1. The second-order valence-electron chi connectivity index (χ2n) is 10.3. The van der Waals surface area contributed by atoms with Crippen LogP contribution in [0.25, 0.3) is 10.9 Å². The second-order valence-corrected chi connectivity index (χ2v) is 13.0. The van der Waals surface area contributed by atoms with Crippen LogP contribution < -0.4 is 10.5 Å². The fourth-order valence-corrected chi connectivity index (χ4v) is 6.87. The largest absolute Gasteiger partial charge is 0.490 e. The van der Waals surface area contributed by atoms with Crippen LogP contribution in [0, 0.1) is 6.92 Å². The van der Waals surface area contributed by atoms with Crippen molar-refractivity contribution in [2.75, 3.05) is 26.7 Å². The number of nitrogens with two attached hydrogens (primary N) is 1. The summed E-state index contributed by atoms with van der Waals surface area (Å²) in [4.78, 5) is 36.6. The third-order valence-corrected chi connectivity index (χ3v) is 9.59. The van der Waals surface area contributed by atoms with Gasteiger partial charge in [-0.05, 0) is 44.0 Å². The summed E-state index contributed by atoms with van der Waals surface area (Å²) < 4.78 is 98.0. The fourth-order valence-electron chi connectivity index (χ4n) is 4.35. The number of hydrogen-bond donors (Lipinski definition) is 3. The van der Waals surface area contributed by atoms with E-state index in [2.05, 4.69) is 4.98 Å². The number of hydrogen-bond acceptors (Lipinski definition) is 8. The SMILES string of the molecule is Cc1ccc2cccc(OCc3c(Cl)ccc(S(=O)(=O)N4CCC[C@H]4C(=O)N(C)CCN)c3Cl)c2n1.O=C(O)C(F)(F)F.O=C(O)C(F)(F)F. The topological polar surface area (TPSA) is 180 Å². The van der Waals surface area contributed by atoms with Gasteiger partial charge in [0.2, 0.25) is 15.9 Å². The summed E-state index contributed by atoms with van der Waals surface area (Å²) >= 11 is 13.0. The highest BCUT2D eigenvalue weighted by Crippen LogP contribution is 2.36. The lowest BCUT2D eigenvalue weighted by molar-refractivity contribution is -0.193. The Morgan fingerprint density at radius 1 is 1.02 bits per heavy atom. The first-order chi connectivity index (χ1) is 23.0. The molecule has 2 aromatic carbocycles. The van der Waals surface area contributed by atoms with Crippen LogP contribution >= 0.6 is 23.2 Å². The molecule has 1 amide bonds. The number of likely N-dealkylation sites (N-methyl/N-ethyl adjacent to an activating group) is 1. The number of carbonyl (C=O) groups is 3. The van der Waals surface area contributed by atoms with Crippen molar-refractivity contribution in [2.24, 2.45) is 5.73 Å². The summed E-state index contributed by atoms with van der Waals surface area (Å²) in [5.74, 6) is -5.27. The van der Waals surface area contributed by atoms with E-state index in [1.165, 1.54) is 21.3 Å². The summed E-state index contributed by atoms with van der Waals surface area (Å²) in [6.45, 7) is 2.69. The lowest BCUT2D eigenvalue weighted by Gasteiger charge is -2.28. The fraction of sp³-hybridized carbons (Fsp3) is 0.379. The number of benzene rings is 2. The molecule has 276 valence electrons. The van der Waals surface area contributed by atoms with Crippen molar-refractivity contribution in [3.63, 3.8) is 0 Å². The minimum atomic E-state index is -5.08. The number of aliphatic carboxylic acids is 2. The monoisotopic (exact) mass is 778 g/mol. The molecule has 0 saturated carbocycles. The Kier molecular flexibility index (Phi) is 14.7. The first-order valence-electron chi connectivity index (χ1n) is 14.1. The highest BCUT2D eigenvalue weighted by molar-refractivity contribution is 7.89. The van der Waals surface area contributed by atoms with Crippen LogP contribution in [0.4, 0.5) is 26.3 Å². The molecule has 1 atom stereocenters. The van der Waals surface area contributed by atoms with Crippen LogP contribution in [0.3, 0.4) is 0 Å². The molecule has 4 N–H and O–H groups in total. The van der Waals surface area contributed by atoms with Crippen LogP contribution in [0.1, 0.15) is 24.1 Å². The smallest absolute Gasteiger partial charge is 0.487 e. The van der Waals surface area contributed by atoms with E-state index in [-0.39, 0.29) is 34.0 Å². The Labute approximate surface area is 291 Å². The normalized spacial score (nSPS) is 15.0. The summed E-state index contributed by atoms with van der Waals surface area (Å²) in [6, 6.07) is 11.5. The van der Waals surface area contributed by atoms with Gasteiger partial charge in [0.05, 0.1) is 5.02 Å². The molecule has 1 aromatic heterocycles. The number of aromatic nitrogens is 1. The number of carboxylic acids is 2. The van der Waals surface area contributed by atoms with Crippen molar-refractivity contribution in [2.45, 2.75) is 49.7 Å². The molecule has 1 aliphatic rings. The number of rotatable bonds is 8. The summed E-state index contributed by atoms with van der Waals surface area (Å²) in [5.41, 5.74) is 7.43. The van der Waals surface area contributed by atoms with Crippen molar-refractivity contribution < 1.29 is 64.1 Å². The van der Waals surface area contributed by atoms with Crippen molar-refractivity contribution in [1.29, 1.82) is 0 Å². The third kappa shape index (κ3) is 11.0. The van der Waals surface area contributed by atoms with Crippen LogP contribution in [-0.4, -0.2) is 95.7 Å².